The second-order valence-electron chi connectivity index (χ2n) is 6.00. The highest BCUT2D eigenvalue weighted by molar-refractivity contribution is 5.25. The van der Waals surface area contributed by atoms with Crippen molar-refractivity contribution in [1.29, 1.82) is 5.26 Å². The Morgan fingerprint density at radius 3 is 2.32 bits per heavy atom. The number of hydrogen-bond donors (Lipinski definition) is 0. The fourth-order valence-electron chi connectivity index (χ4n) is 2.82. The minimum absolute atomic E-state index is 0.299. The minimum atomic E-state index is -2.97. The van der Waals surface area contributed by atoms with Gasteiger partial charge in [-0.3, -0.25) is 4.90 Å². The lowest BCUT2D eigenvalue weighted by molar-refractivity contribution is -0.0277. The summed E-state index contributed by atoms with van der Waals surface area (Å²) in [6, 6.07) is 9.24. The molecule has 1 fully saturated rings. The molecule has 1 aromatic rings. The van der Waals surface area contributed by atoms with Crippen LogP contribution in [0, 0.1) is 11.3 Å². The van der Waals surface area contributed by atoms with Crippen molar-refractivity contribution < 1.29 is 8.78 Å². The molecule has 1 heterocycles. The van der Waals surface area contributed by atoms with E-state index in [-0.39, 0.29) is 6.42 Å². The maximum atomic E-state index is 14.1. The second-order valence-corrected chi connectivity index (χ2v) is 6.00. The Kier molecular flexibility index (Phi) is 3.36. The Morgan fingerprint density at radius 1 is 1.26 bits per heavy atom. The van der Waals surface area contributed by atoms with E-state index in [9.17, 15) is 8.78 Å². The third-order valence-electron chi connectivity index (χ3n) is 3.56. The van der Waals surface area contributed by atoms with E-state index in [1.807, 2.05) is 51.1 Å². The van der Waals surface area contributed by atoms with Crippen LogP contribution in [0.3, 0.4) is 0 Å². The molecule has 1 aromatic carbocycles. The first-order valence-electron chi connectivity index (χ1n) is 6.38. The quantitative estimate of drug-likeness (QED) is 0.772. The van der Waals surface area contributed by atoms with E-state index in [0.717, 1.165) is 5.56 Å². The van der Waals surface area contributed by atoms with Crippen LogP contribution in [-0.2, 0) is 0 Å². The van der Waals surface area contributed by atoms with Crippen molar-refractivity contribution in [2.24, 2.45) is 0 Å². The molecule has 4 heteroatoms. The first-order chi connectivity index (χ1) is 8.77. The Morgan fingerprint density at radius 2 is 1.84 bits per heavy atom. The fourth-order valence-corrected chi connectivity index (χ4v) is 2.82. The fraction of sp³-hybridized carbons (Fsp3) is 0.533. The standard InChI is InChI=1S/C15H18F2N2/c1-14(2,3)19-12(11-7-5-4-6-8-11)9-15(16,17)13(19)10-18/h4-8,12-13H,9H2,1-3H3/t12-,13-/m1/s1. The van der Waals surface area contributed by atoms with Crippen molar-refractivity contribution >= 4 is 0 Å². The van der Waals surface area contributed by atoms with Crippen molar-refractivity contribution in [3.63, 3.8) is 0 Å². The lowest BCUT2D eigenvalue weighted by Gasteiger charge is -2.38. The molecule has 1 saturated heterocycles. The zero-order valence-electron chi connectivity index (χ0n) is 11.4. The van der Waals surface area contributed by atoms with E-state index < -0.39 is 23.5 Å². The molecule has 0 spiro atoms. The molecule has 0 unspecified atom stereocenters. The monoisotopic (exact) mass is 264 g/mol. The SMILES string of the molecule is CC(C)(C)N1[C@@H](c2ccccc2)CC(F)(F)[C@H]1C#N. The minimum Gasteiger partial charge on any atom is -0.271 e. The molecular weight excluding hydrogens is 246 g/mol. The maximum Gasteiger partial charge on any atom is 0.278 e. The van der Waals surface area contributed by atoms with Gasteiger partial charge in [-0.1, -0.05) is 30.3 Å². The van der Waals surface area contributed by atoms with Crippen LogP contribution in [0.1, 0.15) is 38.8 Å². The molecule has 2 rings (SSSR count). The molecule has 0 amide bonds. The van der Waals surface area contributed by atoms with E-state index in [0.29, 0.717) is 0 Å². The van der Waals surface area contributed by atoms with Gasteiger partial charge in [0.05, 0.1) is 6.07 Å². The predicted molar refractivity (Wildman–Crippen MR) is 69.7 cm³/mol. The molecular formula is C15H18F2N2. The molecule has 0 radical (unpaired) electrons. The van der Waals surface area contributed by atoms with Gasteiger partial charge >= 0.3 is 0 Å². The predicted octanol–water partition coefficient (Wildman–Crippen LogP) is 3.76. The molecule has 0 aromatic heterocycles. The van der Waals surface area contributed by atoms with Crippen molar-refractivity contribution in [3.8, 4) is 6.07 Å². The molecule has 1 aliphatic rings. The number of hydrogen-bond acceptors (Lipinski definition) is 2. The smallest absolute Gasteiger partial charge is 0.271 e. The highest BCUT2D eigenvalue weighted by Gasteiger charge is 2.57. The van der Waals surface area contributed by atoms with Gasteiger partial charge in [0.15, 0.2) is 6.04 Å². The summed E-state index contributed by atoms with van der Waals surface area (Å²) in [6.45, 7) is 5.61. The van der Waals surface area contributed by atoms with Gasteiger partial charge in [0.1, 0.15) is 0 Å². The molecule has 0 saturated carbocycles. The molecule has 102 valence electrons. The third-order valence-corrected chi connectivity index (χ3v) is 3.56. The Balaban J connectivity index is 2.46. The van der Waals surface area contributed by atoms with Gasteiger partial charge in [0.25, 0.3) is 5.92 Å². The summed E-state index contributed by atoms with van der Waals surface area (Å²) >= 11 is 0. The first kappa shape index (κ1) is 14.0. The van der Waals surface area contributed by atoms with Gasteiger partial charge in [-0.25, -0.2) is 8.78 Å². The lowest BCUT2D eigenvalue weighted by atomic mass is 9.99. The van der Waals surface area contributed by atoms with E-state index in [4.69, 9.17) is 5.26 Å². The molecule has 0 N–H and O–H groups in total. The van der Waals surface area contributed by atoms with E-state index in [1.54, 1.807) is 11.0 Å². The van der Waals surface area contributed by atoms with Gasteiger partial charge in [0, 0.05) is 18.0 Å². The van der Waals surface area contributed by atoms with Crippen LogP contribution in [0.15, 0.2) is 30.3 Å². The van der Waals surface area contributed by atoms with Crippen LogP contribution in [0.4, 0.5) is 8.78 Å². The number of nitrogens with zero attached hydrogens (tertiary/aromatic N) is 2. The third kappa shape index (κ3) is 2.48. The van der Waals surface area contributed by atoms with Crippen molar-refractivity contribution in [2.75, 3.05) is 0 Å². The number of rotatable bonds is 1. The number of nitriles is 1. The maximum absolute atomic E-state index is 14.1. The van der Waals surface area contributed by atoms with Crippen LogP contribution in [0.25, 0.3) is 0 Å². The van der Waals surface area contributed by atoms with Crippen LogP contribution in [0.5, 0.6) is 0 Å². The Bertz CT molecular complexity index is 485. The summed E-state index contributed by atoms with van der Waals surface area (Å²) in [5.41, 5.74) is 0.357. The highest BCUT2D eigenvalue weighted by atomic mass is 19.3. The summed E-state index contributed by atoms with van der Waals surface area (Å²) in [4.78, 5) is 1.64. The summed E-state index contributed by atoms with van der Waals surface area (Å²) in [5, 5.41) is 9.13. The lowest BCUT2D eigenvalue weighted by Crippen LogP contribution is -2.48. The van der Waals surface area contributed by atoms with Gasteiger partial charge in [0.2, 0.25) is 0 Å². The topological polar surface area (TPSA) is 27.0 Å². The molecule has 1 aliphatic heterocycles. The van der Waals surface area contributed by atoms with Gasteiger partial charge in [-0.15, -0.1) is 0 Å². The van der Waals surface area contributed by atoms with Crippen LogP contribution in [0.2, 0.25) is 0 Å². The van der Waals surface area contributed by atoms with Gasteiger partial charge < -0.3 is 0 Å². The molecule has 19 heavy (non-hydrogen) atoms. The number of benzene rings is 1. The van der Waals surface area contributed by atoms with Crippen LogP contribution in [-0.4, -0.2) is 22.4 Å². The Labute approximate surface area is 112 Å². The Hall–Kier alpha value is -1.47. The van der Waals surface area contributed by atoms with E-state index in [2.05, 4.69) is 0 Å². The van der Waals surface area contributed by atoms with E-state index >= 15 is 0 Å². The average Bonchev–Trinajstić information content (AvgIpc) is 2.61. The number of halogens is 2. The van der Waals surface area contributed by atoms with Crippen molar-refractivity contribution in [2.45, 2.75) is 50.7 Å². The van der Waals surface area contributed by atoms with E-state index in [1.165, 1.54) is 0 Å². The zero-order chi connectivity index (χ0) is 14.3. The van der Waals surface area contributed by atoms with Crippen LogP contribution >= 0.6 is 0 Å². The molecule has 2 atom stereocenters. The molecule has 0 bridgehead atoms. The zero-order valence-corrected chi connectivity index (χ0v) is 11.4. The normalized spacial score (nSPS) is 27.2. The average molecular weight is 264 g/mol. The highest BCUT2D eigenvalue weighted by Crippen LogP contribution is 2.48. The molecule has 0 aliphatic carbocycles. The van der Waals surface area contributed by atoms with Gasteiger partial charge in [-0.05, 0) is 26.3 Å². The summed E-state index contributed by atoms with van der Waals surface area (Å²) in [5.74, 6) is -2.97. The van der Waals surface area contributed by atoms with Crippen LogP contribution < -0.4 is 0 Å². The summed E-state index contributed by atoms with van der Waals surface area (Å²) < 4.78 is 28.1. The number of likely N-dealkylation sites (tertiary alicyclic amines) is 1. The summed E-state index contributed by atoms with van der Waals surface area (Å²) in [6.07, 6.45) is -0.299. The first-order valence-corrected chi connectivity index (χ1v) is 6.38. The second kappa shape index (κ2) is 4.57. The summed E-state index contributed by atoms with van der Waals surface area (Å²) in [7, 11) is 0. The van der Waals surface area contributed by atoms with Gasteiger partial charge in [-0.2, -0.15) is 5.26 Å². The molecule has 2 nitrogen and oxygen atoms in total. The number of alkyl halides is 2. The largest absolute Gasteiger partial charge is 0.278 e. The van der Waals surface area contributed by atoms with Crippen molar-refractivity contribution in [1.82, 2.24) is 4.90 Å². The van der Waals surface area contributed by atoms with Crippen molar-refractivity contribution in [3.05, 3.63) is 35.9 Å².